The van der Waals surface area contributed by atoms with Gasteiger partial charge in [0.15, 0.2) is 11.6 Å². The van der Waals surface area contributed by atoms with Gasteiger partial charge in [0.1, 0.15) is 5.03 Å². The molecule has 0 spiro atoms. The summed E-state index contributed by atoms with van der Waals surface area (Å²) in [5.74, 6) is 0.955. The van der Waals surface area contributed by atoms with Gasteiger partial charge < -0.3 is 19.8 Å². The van der Waals surface area contributed by atoms with Gasteiger partial charge >= 0.3 is 0 Å². The quantitative estimate of drug-likeness (QED) is 0.490. The number of hydrogen-bond acceptors (Lipinski definition) is 7. The molecule has 25 heavy (non-hydrogen) atoms. The van der Waals surface area contributed by atoms with Gasteiger partial charge in [0.05, 0.1) is 12.9 Å². The average molecular weight is 364 g/mol. The fourth-order valence-electron chi connectivity index (χ4n) is 1.84. The van der Waals surface area contributed by atoms with Crippen LogP contribution >= 0.6 is 11.8 Å². The molecule has 2 amide bonds. The van der Waals surface area contributed by atoms with E-state index in [0.717, 1.165) is 17.2 Å². The van der Waals surface area contributed by atoms with Crippen LogP contribution in [0.3, 0.4) is 0 Å². The van der Waals surface area contributed by atoms with Crippen molar-refractivity contribution in [1.29, 1.82) is 0 Å². The molecule has 2 N–H and O–H groups in total. The summed E-state index contributed by atoms with van der Waals surface area (Å²) < 4.78 is 9.87. The van der Waals surface area contributed by atoms with Crippen molar-refractivity contribution in [3.63, 3.8) is 0 Å². The maximum atomic E-state index is 11.8. The molecular weight excluding hydrogens is 344 g/mol. The van der Waals surface area contributed by atoms with Crippen LogP contribution in [0.4, 0.5) is 5.82 Å². The van der Waals surface area contributed by atoms with E-state index in [1.807, 2.05) is 0 Å². The molecule has 0 aliphatic heterocycles. The van der Waals surface area contributed by atoms with E-state index >= 15 is 0 Å². The highest BCUT2D eigenvalue weighted by Crippen LogP contribution is 2.17. The molecule has 0 saturated heterocycles. The van der Waals surface area contributed by atoms with Crippen molar-refractivity contribution < 1.29 is 18.7 Å². The third-order valence-corrected chi connectivity index (χ3v) is 4.06. The topological polar surface area (TPSA) is 106 Å². The summed E-state index contributed by atoms with van der Waals surface area (Å²) in [6.07, 6.45) is 2.63. The van der Waals surface area contributed by atoms with Gasteiger partial charge in [-0.2, -0.15) is 0 Å². The minimum absolute atomic E-state index is 0.0136. The van der Waals surface area contributed by atoms with E-state index in [2.05, 4.69) is 20.8 Å². The lowest BCUT2D eigenvalue weighted by Crippen LogP contribution is -2.26. The van der Waals surface area contributed by atoms with Gasteiger partial charge in [-0.05, 0) is 30.7 Å². The van der Waals surface area contributed by atoms with Crippen LogP contribution < -0.4 is 10.6 Å². The maximum absolute atomic E-state index is 11.8. The zero-order chi connectivity index (χ0) is 17.9. The standard InChI is InChI=1S/C16H20N4O4S/c1-23-10-8-17-14(21)5-3-11-25-15-7-6-13(19-20-15)18-16(22)12-4-2-9-24-12/h2,4,6-7,9H,3,5,8,10-11H2,1H3,(H,17,21)(H,18,19,22). The Morgan fingerprint density at radius 1 is 1.28 bits per heavy atom. The molecule has 0 atom stereocenters. The van der Waals surface area contributed by atoms with E-state index in [4.69, 9.17) is 9.15 Å². The maximum Gasteiger partial charge on any atom is 0.292 e. The summed E-state index contributed by atoms with van der Waals surface area (Å²) in [7, 11) is 1.59. The number of anilines is 1. The number of carbonyl (C=O) groups excluding carboxylic acids is 2. The van der Waals surface area contributed by atoms with E-state index in [0.29, 0.717) is 25.4 Å². The fourth-order valence-corrected chi connectivity index (χ4v) is 2.60. The number of hydrogen-bond donors (Lipinski definition) is 2. The van der Waals surface area contributed by atoms with Crippen molar-refractivity contribution >= 4 is 29.4 Å². The van der Waals surface area contributed by atoms with E-state index in [-0.39, 0.29) is 17.6 Å². The molecule has 134 valence electrons. The number of ether oxygens (including phenoxy) is 1. The molecule has 9 heteroatoms. The molecule has 0 aliphatic carbocycles. The highest BCUT2D eigenvalue weighted by molar-refractivity contribution is 7.99. The van der Waals surface area contributed by atoms with Crippen molar-refractivity contribution in [2.24, 2.45) is 0 Å². The second-order valence-corrected chi connectivity index (χ2v) is 6.10. The van der Waals surface area contributed by atoms with Crippen molar-refractivity contribution in [1.82, 2.24) is 15.5 Å². The summed E-state index contributed by atoms with van der Waals surface area (Å²) in [6, 6.07) is 6.65. The highest BCUT2D eigenvalue weighted by Gasteiger charge is 2.09. The summed E-state index contributed by atoms with van der Waals surface area (Å²) in [4.78, 5) is 23.3. The summed E-state index contributed by atoms with van der Waals surface area (Å²) in [5, 5.41) is 14.1. The number of furan rings is 1. The number of carbonyl (C=O) groups is 2. The summed E-state index contributed by atoms with van der Waals surface area (Å²) in [6.45, 7) is 1.04. The Morgan fingerprint density at radius 3 is 2.84 bits per heavy atom. The lowest BCUT2D eigenvalue weighted by Gasteiger charge is -2.05. The Bertz CT molecular complexity index is 661. The Hall–Kier alpha value is -2.39. The first kappa shape index (κ1) is 18.9. The molecule has 0 unspecified atom stereocenters. The molecular formula is C16H20N4O4S. The monoisotopic (exact) mass is 364 g/mol. The van der Waals surface area contributed by atoms with Crippen LogP contribution in [0.25, 0.3) is 0 Å². The van der Waals surface area contributed by atoms with Gasteiger partial charge in [-0.15, -0.1) is 22.0 Å². The van der Waals surface area contributed by atoms with Crippen molar-refractivity contribution in [3.05, 3.63) is 36.3 Å². The normalized spacial score (nSPS) is 10.4. The first-order valence-corrected chi connectivity index (χ1v) is 8.74. The third kappa shape index (κ3) is 6.94. The van der Waals surface area contributed by atoms with Crippen LogP contribution in [0.15, 0.2) is 40.0 Å². The Morgan fingerprint density at radius 2 is 2.16 bits per heavy atom. The molecule has 0 aromatic carbocycles. The largest absolute Gasteiger partial charge is 0.459 e. The van der Waals surface area contributed by atoms with Gasteiger partial charge in [0.2, 0.25) is 5.91 Å². The van der Waals surface area contributed by atoms with Gasteiger partial charge in [-0.25, -0.2) is 0 Å². The van der Waals surface area contributed by atoms with Gasteiger partial charge in [0, 0.05) is 25.8 Å². The molecule has 2 rings (SSSR count). The predicted molar refractivity (Wildman–Crippen MR) is 93.5 cm³/mol. The molecule has 2 aromatic heterocycles. The number of nitrogens with one attached hydrogen (secondary N) is 2. The molecule has 0 bridgehead atoms. The zero-order valence-corrected chi connectivity index (χ0v) is 14.7. The second-order valence-electron chi connectivity index (χ2n) is 4.98. The average Bonchev–Trinajstić information content (AvgIpc) is 3.15. The van der Waals surface area contributed by atoms with Crippen molar-refractivity contribution in [3.8, 4) is 0 Å². The minimum Gasteiger partial charge on any atom is -0.459 e. The van der Waals surface area contributed by atoms with Crippen LogP contribution in [0.5, 0.6) is 0 Å². The van der Waals surface area contributed by atoms with Crippen LogP contribution in [0.1, 0.15) is 23.4 Å². The van der Waals surface area contributed by atoms with Gasteiger partial charge in [0.25, 0.3) is 5.91 Å². The molecule has 0 fully saturated rings. The Kier molecular flexibility index (Phi) is 7.93. The number of thioether (sulfide) groups is 1. The van der Waals surface area contributed by atoms with Crippen LogP contribution in [0, 0.1) is 0 Å². The first-order valence-electron chi connectivity index (χ1n) is 7.76. The molecule has 8 nitrogen and oxygen atoms in total. The smallest absolute Gasteiger partial charge is 0.292 e. The highest BCUT2D eigenvalue weighted by atomic mass is 32.2. The lowest BCUT2D eigenvalue weighted by molar-refractivity contribution is -0.121. The Balaban J connectivity index is 1.66. The minimum atomic E-state index is -0.376. The number of amides is 2. The molecule has 0 radical (unpaired) electrons. The van der Waals surface area contributed by atoms with Gasteiger partial charge in [-0.3, -0.25) is 9.59 Å². The number of aromatic nitrogens is 2. The van der Waals surface area contributed by atoms with E-state index in [1.165, 1.54) is 18.0 Å². The zero-order valence-electron chi connectivity index (χ0n) is 13.9. The molecule has 2 aromatic rings. The number of nitrogens with zero attached hydrogens (tertiary/aromatic N) is 2. The number of methoxy groups -OCH3 is 1. The van der Waals surface area contributed by atoms with E-state index < -0.39 is 0 Å². The Labute approximate surface area is 149 Å². The third-order valence-electron chi connectivity index (χ3n) is 3.05. The summed E-state index contributed by atoms with van der Waals surface area (Å²) in [5.41, 5.74) is 0. The van der Waals surface area contributed by atoms with Crippen LogP contribution in [-0.4, -0.2) is 48.0 Å². The van der Waals surface area contributed by atoms with Crippen molar-refractivity contribution in [2.75, 3.05) is 31.3 Å². The number of rotatable bonds is 10. The summed E-state index contributed by atoms with van der Waals surface area (Å²) >= 11 is 1.51. The first-order chi connectivity index (χ1) is 12.2. The van der Waals surface area contributed by atoms with Crippen LogP contribution in [-0.2, 0) is 9.53 Å². The fraction of sp³-hybridized carbons (Fsp3) is 0.375. The van der Waals surface area contributed by atoms with Gasteiger partial charge in [-0.1, -0.05) is 0 Å². The lowest BCUT2D eigenvalue weighted by atomic mass is 10.3. The molecule has 0 saturated carbocycles. The van der Waals surface area contributed by atoms with E-state index in [1.54, 1.807) is 31.4 Å². The van der Waals surface area contributed by atoms with Crippen LogP contribution in [0.2, 0.25) is 0 Å². The van der Waals surface area contributed by atoms with E-state index in [9.17, 15) is 9.59 Å². The molecule has 2 heterocycles. The SMILES string of the molecule is COCCNC(=O)CCCSc1ccc(NC(=O)c2ccco2)nn1. The van der Waals surface area contributed by atoms with Crippen molar-refractivity contribution in [2.45, 2.75) is 17.9 Å². The second kappa shape index (κ2) is 10.5. The predicted octanol–water partition coefficient (Wildman–Crippen LogP) is 1.96. The molecule has 0 aliphatic rings.